The predicted octanol–water partition coefficient (Wildman–Crippen LogP) is 1.64. The first-order valence-corrected chi connectivity index (χ1v) is 8.43. The second-order valence-electron chi connectivity index (χ2n) is 5.05. The number of sulfone groups is 1. The normalized spacial score (nSPS) is 17.0. The highest BCUT2D eigenvalue weighted by molar-refractivity contribution is 7.91. The van der Waals surface area contributed by atoms with Crippen LogP contribution >= 0.6 is 0 Å². The molecule has 2 rings (SSSR count). The topological polar surface area (TPSA) is 74.7 Å². The Balaban J connectivity index is 2.05. The number of hydrogen-bond acceptors (Lipinski definition) is 4. The number of carbonyl (C=O) groups is 1. The van der Waals surface area contributed by atoms with Gasteiger partial charge in [0.2, 0.25) is 0 Å². The zero-order valence-corrected chi connectivity index (χ0v) is 12.1. The molecule has 1 aromatic rings. The minimum absolute atomic E-state index is 0.00375. The van der Waals surface area contributed by atoms with Gasteiger partial charge in [-0.15, -0.1) is 0 Å². The molecule has 6 heteroatoms. The number of benzene rings is 1. The maximum absolute atomic E-state index is 12.2. The SMILES string of the molecule is O=C(O)c1cccc(S(=O)(=O)CCN2CCCCC2)c1. The lowest BCUT2D eigenvalue weighted by Gasteiger charge is -2.26. The average Bonchev–Trinajstić information content (AvgIpc) is 2.46. The largest absolute Gasteiger partial charge is 0.478 e. The summed E-state index contributed by atoms with van der Waals surface area (Å²) < 4.78 is 24.5. The fraction of sp³-hybridized carbons (Fsp3) is 0.500. The molecule has 0 atom stereocenters. The molecule has 0 aliphatic carbocycles. The third-order valence-electron chi connectivity index (χ3n) is 3.57. The highest BCUT2D eigenvalue weighted by Crippen LogP contribution is 2.15. The number of piperidine rings is 1. The Hall–Kier alpha value is -1.40. The fourth-order valence-electron chi connectivity index (χ4n) is 2.37. The molecule has 0 aromatic heterocycles. The summed E-state index contributed by atoms with van der Waals surface area (Å²) in [6.07, 6.45) is 3.45. The predicted molar refractivity (Wildman–Crippen MR) is 75.7 cm³/mol. The van der Waals surface area contributed by atoms with Crippen LogP contribution in [0.3, 0.4) is 0 Å². The van der Waals surface area contributed by atoms with E-state index in [1.54, 1.807) is 0 Å². The first-order valence-electron chi connectivity index (χ1n) is 6.77. The van der Waals surface area contributed by atoms with Crippen LogP contribution in [0, 0.1) is 0 Å². The van der Waals surface area contributed by atoms with Gasteiger partial charge in [-0.3, -0.25) is 0 Å². The number of likely N-dealkylation sites (tertiary alicyclic amines) is 1. The second kappa shape index (κ2) is 6.37. The van der Waals surface area contributed by atoms with Crippen molar-refractivity contribution in [3.63, 3.8) is 0 Å². The summed E-state index contributed by atoms with van der Waals surface area (Å²) in [5.41, 5.74) is 0.00375. The molecule has 1 aromatic carbocycles. The van der Waals surface area contributed by atoms with Gasteiger partial charge in [-0.1, -0.05) is 12.5 Å². The Labute approximate surface area is 119 Å². The molecule has 5 nitrogen and oxygen atoms in total. The number of nitrogens with zero attached hydrogens (tertiary/aromatic N) is 1. The van der Waals surface area contributed by atoms with Gasteiger partial charge in [0.15, 0.2) is 9.84 Å². The molecule has 0 radical (unpaired) electrons. The van der Waals surface area contributed by atoms with Crippen LogP contribution in [0.4, 0.5) is 0 Å². The molecule has 1 aliphatic rings. The summed E-state index contributed by atoms with van der Waals surface area (Å²) in [4.78, 5) is 13.1. The number of rotatable bonds is 5. The van der Waals surface area contributed by atoms with Crippen LogP contribution in [0.2, 0.25) is 0 Å². The van der Waals surface area contributed by atoms with Gasteiger partial charge in [0, 0.05) is 6.54 Å². The summed E-state index contributed by atoms with van der Waals surface area (Å²) in [7, 11) is -3.42. The molecule has 20 heavy (non-hydrogen) atoms. The van der Waals surface area contributed by atoms with Gasteiger partial charge in [-0.05, 0) is 44.1 Å². The van der Waals surface area contributed by atoms with Crippen LogP contribution < -0.4 is 0 Å². The van der Waals surface area contributed by atoms with Gasteiger partial charge in [0.25, 0.3) is 0 Å². The first kappa shape index (κ1) is 15.0. The lowest BCUT2D eigenvalue weighted by atomic mass is 10.1. The Morgan fingerprint density at radius 2 is 1.90 bits per heavy atom. The van der Waals surface area contributed by atoms with E-state index in [0.717, 1.165) is 25.9 Å². The Bertz CT molecular complexity index is 577. The van der Waals surface area contributed by atoms with Gasteiger partial charge in [-0.2, -0.15) is 0 Å². The smallest absolute Gasteiger partial charge is 0.335 e. The quantitative estimate of drug-likeness (QED) is 0.894. The first-order chi connectivity index (χ1) is 9.49. The summed E-state index contributed by atoms with van der Waals surface area (Å²) >= 11 is 0. The molecule has 0 spiro atoms. The molecular weight excluding hydrogens is 278 g/mol. The summed E-state index contributed by atoms with van der Waals surface area (Å²) in [6.45, 7) is 2.41. The molecule has 0 bridgehead atoms. The Morgan fingerprint density at radius 3 is 2.55 bits per heavy atom. The van der Waals surface area contributed by atoms with Crippen LogP contribution in [0.25, 0.3) is 0 Å². The Kier molecular flexibility index (Phi) is 4.77. The molecule has 110 valence electrons. The third-order valence-corrected chi connectivity index (χ3v) is 5.26. The van der Waals surface area contributed by atoms with Crippen molar-refractivity contribution in [2.24, 2.45) is 0 Å². The standard InChI is InChI=1S/C14H19NO4S/c16-14(17)12-5-4-6-13(11-12)20(18,19)10-9-15-7-2-1-3-8-15/h4-6,11H,1-3,7-10H2,(H,16,17). The van der Waals surface area contributed by atoms with Gasteiger partial charge in [0.05, 0.1) is 16.2 Å². The van der Waals surface area contributed by atoms with Crippen molar-refractivity contribution < 1.29 is 18.3 Å². The van der Waals surface area contributed by atoms with Crippen molar-refractivity contribution in [3.8, 4) is 0 Å². The van der Waals surface area contributed by atoms with E-state index in [1.165, 1.54) is 30.7 Å². The molecule has 0 unspecified atom stereocenters. The summed E-state index contributed by atoms with van der Waals surface area (Å²) in [5, 5.41) is 8.91. The van der Waals surface area contributed by atoms with E-state index in [0.29, 0.717) is 6.54 Å². The summed E-state index contributed by atoms with van der Waals surface area (Å²) in [6, 6.07) is 5.55. The van der Waals surface area contributed by atoms with Crippen LogP contribution in [-0.2, 0) is 9.84 Å². The number of hydrogen-bond donors (Lipinski definition) is 1. The van der Waals surface area contributed by atoms with Crippen LogP contribution in [0.1, 0.15) is 29.6 Å². The van der Waals surface area contributed by atoms with Gasteiger partial charge in [-0.25, -0.2) is 13.2 Å². The van der Waals surface area contributed by atoms with Crippen molar-refractivity contribution >= 4 is 15.8 Å². The van der Waals surface area contributed by atoms with Crippen molar-refractivity contribution in [2.75, 3.05) is 25.4 Å². The lowest BCUT2D eigenvalue weighted by Crippen LogP contribution is -2.33. The molecule has 1 aliphatic heterocycles. The molecule has 1 heterocycles. The van der Waals surface area contributed by atoms with E-state index in [1.807, 2.05) is 0 Å². The van der Waals surface area contributed by atoms with Crippen molar-refractivity contribution in [3.05, 3.63) is 29.8 Å². The monoisotopic (exact) mass is 297 g/mol. The van der Waals surface area contributed by atoms with Crippen LogP contribution in [-0.4, -0.2) is 49.8 Å². The van der Waals surface area contributed by atoms with E-state index in [-0.39, 0.29) is 16.2 Å². The maximum atomic E-state index is 12.2. The maximum Gasteiger partial charge on any atom is 0.335 e. The molecular formula is C14H19NO4S. The van der Waals surface area contributed by atoms with Gasteiger partial charge in [0.1, 0.15) is 0 Å². The van der Waals surface area contributed by atoms with E-state index in [4.69, 9.17) is 5.11 Å². The van der Waals surface area contributed by atoms with E-state index < -0.39 is 15.8 Å². The van der Waals surface area contributed by atoms with Crippen molar-refractivity contribution in [1.29, 1.82) is 0 Å². The van der Waals surface area contributed by atoms with Crippen molar-refractivity contribution in [2.45, 2.75) is 24.2 Å². The lowest BCUT2D eigenvalue weighted by molar-refractivity contribution is 0.0696. The van der Waals surface area contributed by atoms with Gasteiger partial charge < -0.3 is 10.0 Å². The second-order valence-corrected chi connectivity index (χ2v) is 7.16. The average molecular weight is 297 g/mol. The van der Waals surface area contributed by atoms with Crippen LogP contribution in [0.15, 0.2) is 29.2 Å². The number of carboxylic acid groups (broad SMARTS) is 1. The molecule has 0 saturated carbocycles. The van der Waals surface area contributed by atoms with Gasteiger partial charge >= 0.3 is 5.97 Å². The van der Waals surface area contributed by atoms with E-state index >= 15 is 0 Å². The molecule has 1 N–H and O–H groups in total. The fourth-order valence-corrected chi connectivity index (χ4v) is 3.70. The van der Waals surface area contributed by atoms with Crippen LogP contribution in [0.5, 0.6) is 0 Å². The Morgan fingerprint density at radius 1 is 1.20 bits per heavy atom. The molecule has 0 amide bonds. The zero-order chi connectivity index (χ0) is 14.6. The minimum Gasteiger partial charge on any atom is -0.478 e. The molecule has 1 fully saturated rings. The summed E-state index contributed by atoms with van der Waals surface area (Å²) in [5.74, 6) is -1.08. The third kappa shape index (κ3) is 3.80. The van der Waals surface area contributed by atoms with E-state index in [9.17, 15) is 13.2 Å². The van der Waals surface area contributed by atoms with E-state index in [2.05, 4.69) is 4.90 Å². The minimum atomic E-state index is -3.42. The highest BCUT2D eigenvalue weighted by atomic mass is 32.2. The zero-order valence-electron chi connectivity index (χ0n) is 11.3. The molecule has 1 saturated heterocycles. The van der Waals surface area contributed by atoms with Crippen molar-refractivity contribution in [1.82, 2.24) is 4.90 Å². The number of carboxylic acids is 1. The number of aromatic carboxylic acids is 1. The highest BCUT2D eigenvalue weighted by Gasteiger charge is 2.19.